The lowest BCUT2D eigenvalue weighted by atomic mass is 10.3. The molecular formula is C15H26N2O5S2. The SMILES string of the molecule is CCCS(=O)(=O)NCCS(=O)(=O)N(C)c1ccc(OC(C)C)cc1. The molecule has 0 aromatic heterocycles. The van der Waals surface area contributed by atoms with Crippen molar-refractivity contribution < 1.29 is 21.6 Å². The molecule has 0 aliphatic carbocycles. The van der Waals surface area contributed by atoms with Crippen molar-refractivity contribution in [3.8, 4) is 5.75 Å². The van der Waals surface area contributed by atoms with Crippen molar-refractivity contribution in [1.82, 2.24) is 4.72 Å². The second-order valence-electron chi connectivity index (χ2n) is 5.66. The highest BCUT2D eigenvalue weighted by Gasteiger charge is 2.19. The maximum absolute atomic E-state index is 12.3. The molecule has 0 saturated heterocycles. The van der Waals surface area contributed by atoms with Crippen LogP contribution in [0.1, 0.15) is 27.2 Å². The van der Waals surface area contributed by atoms with E-state index in [0.717, 1.165) is 4.31 Å². The van der Waals surface area contributed by atoms with Gasteiger partial charge in [0.2, 0.25) is 20.0 Å². The van der Waals surface area contributed by atoms with Crippen LogP contribution in [0.2, 0.25) is 0 Å². The minimum Gasteiger partial charge on any atom is -0.491 e. The van der Waals surface area contributed by atoms with Crippen LogP contribution in [0.3, 0.4) is 0 Å². The number of nitrogens with one attached hydrogen (secondary N) is 1. The van der Waals surface area contributed by atoms with E-state index in [1.807, 2.05) is 13.8 Å². The first-order valence-electron chi connectivity index (χ1n) is 7.78. The fourth-order valence-electron chi connectivity index (χ4n) is 1.97. The zero-order valence-corrected chi connectivity index (χ0v) is 16.2. The first kappa shape index (κ1) is 20.7. The molecule has 1 aromatic rings. The average molecular weight is 379 g/mol. The van der Waals surface area contributed by atoms with Gasteiger partial charge in [0, 0.05) is 13.6 Å². The number of nitrogens with zero attached hydrogens (tertiary/aromatic N) is 1. The van der Waals surface area contributed by atoms with Crippen LogP contribution in [0.4, 0.5) is 5.69 Å². The topological polar surface area (TPSA) is 92.8 Å². The Hall–Kier alpha value is -1.32. The first-order chi connectivity index (χ1) is 11.1. The molecule has 1 rings (SSSR count). The Kier molecular flexibility index (Phi) is 7.50. The molecule has 1 aromatic carbocycles. The molecule has 1 N–H and O–H groups in total. The highest BCUT2D eigenvalue weighted by molar-refractivity contribution is 7.93. The summed E-state index contributed by atoms with van der Waals surface area (Å²) in [6, 6.07) is 6.70. The lowest BCUT2D eigenvalue weighted by Gasteiger charge is -2.20. The van der Waals surface area contributed by atoms with Gasteiger partial charge in [-0.2, -0.15) is 0 Å². The number of sulfonamides is 2. The highest BCUT2D eigenvalue weighted by atomic mass is 32.2. The minimum absolute atomic E-state index is 0.0137. The van der Waals surface area contributed by atoms with Crippen molar-refractivity contribution in [1.29, 1.82) is 0 Å². The van der Waals surface area contributed by atoms with E-state index in [-0.39, 0.29) is 24.2 Å². The van der Waals surface area contributed by atoms with Crippen LogP contribution in [0.25, 0.3) is 0 Å². The van der Waals surface area contributed by atoms with Crippen molar-refractivity contribution in [2.75, 3.05) is 29.4 Å². The molecular weight excluding hydrogens is 352 g/mol. The predicted molar refractivity (Wildman–Crippen MR) is 96.5 cm³/mol. The van der Waals surface area contributed by atoms with Gasteiger partial charge in [-0.3, -0.25) is 4.31 Å². The third kappa shape index (κ3) is 6.66. The van der Waals surface area contributed by atoms with Crippen molar-refractivity contribution >= 4 is 25.7 Å². The summed E-state index contributed by atoms with van der Waals surface area (Å²) < 4.78 is 56.6. The number of anilines is 1. The number of ether oxygens (including phenoxy) is 1. The molecule has 0 bridgehead atoms. The normalized spacial score (nSPS) is 12.4. The molecule has 0 atom stereocenters. The number of hydrogen-bond donors (Lipinski definition) is 1. The summed E-state index contributed by atoms with van der Waals surface area (Å²) in [6.07, 6.45) is 0.515. The monoisotopic (exact) mass is 378 g/mol. The van der Waals surface area contributed by atoms with Gasteiger partial charge < -0.3 is 4.74 Å². The van der Waals surface area contributed by atoms with Gasteiger partial charge in [-0.15, -0.1) is 0 Å². The zero-order chi connectivity index (χ0) is 18.4. The molecule has 0 aliphatic rings. The van der Waals surface area contributed by atoms with Gasteiger partial charge in [0.1, 0.15) is 5.75 Å². The van der Waals surface area contributed by atoms with Crippen LogP contribution in [0.15, 0.2) is 24.3 Å². The maximum atomic E-state index is 12.3. The minimum atomic E-state index is -3.62. The fraction of sp³-hybridized carbons (Fsp3) is 0.600. The molecule has 0 heterocycles. The van der Waals surface area contributed by atoms with Crippen molar-refractivity contribution in [2.45, 2.75) is 33.3 Å². The summed E-state index contributed by atoms with van der Waals surface area (Å²) in [6.45, 7) is 5.41. The number of hydrogen-bond acceptors (Lipinski definition) is 5. The Morgan fingerprint density at radius 2 is 1.67 bits per heavy atom. The van der Waals surface area contributed by atoms with Crippen molar-refractivity contribution in [2.24, 2.45) is 0 Å². The van der Waals surface area contributed by atoms with Crippen LogP contribution in [0, 0.1) is 0 Å². The average Bonchev–Trinajstić information content (AvgIpc) is 2.46. The van der Waals surface area contributed by atoms with Crippen LogP contribution < -0.4 is 13.8 Å². The Labute approximate surface area is 145 Å². The second kappa shape index (κ2) is 8.68. The number of rotatable bonds is 10. The Bertz CT molecular complexity index is 713. The summed E-state index contributed by atoms with van der Waals surface area (Å²) in [5.41, 5.74) is 0.488. The van der Waals surface area contributed by atoms with E-state index in [0.29, 0.717) is 17.9 Å². The lowest BCUT2D eigenvalue weighted by molar-refractivity contribution is 0.242. The van der Waals surface area contributed by atoms with Gasteiger partial charge >= 0.3 is 0 Å². The van der Waals surface area contributed by atoms with E-state index >= 15 is 0 Å². The summed E-state index contributed by atoms with van der Waals surface area (Å²) >= 11 is 0. The summed E-state index contributed by atoms with van der Waals surface area (Å²) in [4.78, 5) is 0. The molecule has 7 nitrogen and oxygen atoms in total. The van der Waals surface area contributed by atoms with Crippen LogP contribution >= 0.6 is 0 Å². The second-order valence-corrected chi connectivity index (χ2v) is 9.70. The summed E-state index contributed by atoms with van der Waals surface area (Å²) in [7, 11) is -5.59. The van der Waals surface area contributed by atoms with E-state index in [1.165, 1.54) is 7.05 Å². The van der Waals surface area contributed by atoms with E-state index < -0.39 is 20.0 Å². The summed E-state index contributed by atoms with van der Waals surface area (Å²) in [5, 5.41) is 0. The Morgan fingerprint density at radius 1 is 1.08 bits per heavy atom. The van der Waals surface area contributed by atoms with Crippen molar-refractivity contribution in [3.05, 3.63) is 24.3 Å². The molecule has 0 amide bonds. The third-order valence-electron chi connectivity index (χ3n) is 3.14. The number of benzene rings is 1. The fourth-order valence-corrected chi connectivity index (χ4v) is 4.27. The smallest absolute Gasteiger partial charge is 0.236 e. The maximum Gasteiger partial charge on any atom is 0.236 e. The zero-order valence-electron chi connectivity index (χ0n) is 14.5. The van der Waals surface area contributed by atoms with Gasteiger partial charge in [-0.05, 0) is 44.5 Å². The van der Waals surface area contributed by atoms with Gasteiger partial charge in [0.05, 0.1) is 23.3 Å². The van der Waals surface area contributed by atoms with Gasteiger partial charge in [0.15, 0.2) is 0 Å². The predicted octanol–water partition coefficient (Wildman–Crippen LogP) is 1.57. The molecule has 0 radical (unpaired) electrons. The molecule has 0 aliphatic heterocycles. The quantitative estimate of drug-likeness (QED) is 0.667. The van der Waals surface area contributed by atoms with Gasteiger partial charge in [-0.25, -0.2) is 21.6 Å². The highest BCUT2D eigenvalue weighted by Crippen LogP contribution is 2.21. The van der Waals surface area contributed by atoms with E-state index in [9.17, 15) is 16.8 Å². The van der Waals surface area contributed by atoms with Crippen molar-refractivity contribution in [3.63, 3.8) is 0 Å². The molecule has 0 unspecified atom stereocenters. The van der Waals surface area contributed by atoms with Crippen LogP contribution in [-0.4, -0.2) is 48.0 Å². The largest absolute Gasteiger partial charge is 0.491 e. The molecule has 0 saturated carbocycles. The van der Waals surface area contributed by atoms with Gasteiger partial charge in [0.25, 0.3) is 0 Å². The molecule has 138 valence electrons. The van der Waals surface area contributed by atoms with Crippen LogP contribution in [0.5, 0.6) is 5.75 Å². The third-order valence-corrected chi connectivity index (χ3v) is 6.50. The molecule has 0 spiro atoms. The van der Waals surface area contributed by atoms with E-state index in [2.05, 4.69) is 4.72 Å². The van der Waals surface area contributed by atoms with Gasteiger partial charge in [-0.1, -0.05) is 6.92 Å². The molecule has 9 heteroatoms. The van der Waals surface area contributed by atoms with E-state index in [4.69, 9.17) is 4.74 Å². The van der Waals surface area contributed by atoms with Crippen LogP contribution in [-0.2, 0) is 20.0 Å². The Morgan fingerprint density at radius 3 is 2.17 bits per heavy atom. The molecule has 24 heavy (non-hydrogen) atoms. The summed E-state index contributed by atoms with van der Waals surface area (Å²) in [5.74, 6) is 0.337. The standard InChI is InChI=1S/C15H26N2O5S2/c1-5-11-23(18,19)16-10-12-24(20,21)17(4)14-6-8-15(9-7-14)22-13(2)3/h6-9,13,16H,5,10-12H2,1-4H3. The Balaban J connectivity index is 2.69. The van der Waals surface area contributed by atoms with E-state index in [1.54, 1.807) is 31.2 Å². The molecule has 0 fully saturated rings. The lowest BCUT2D eigenvalue weighted by Crippen LogP contribution is -2.36. The first-order valence-corrected chi connectivity index (χ1v) is 11.0.